The number of furan rings is 1. The van der Waals surface area contributed by atoms with Crippen LogP contribution >= 0.6 is 0 Å². The monoisotopic (exact) mass is 304 g/mol. The van der Waals surface area contributed by atoms with Crippen LogP contribution in [0.15, 0.2) is 27.3 Å². The van der Waals surface area contributed by atoms with Crippen LogP contribution in [0, 0.1) is 6.92 Å². The molecule has 0 saturated heterocycles. The van der Waals surface area contributed by atoms with Gasteiger partial charge in [0.25, 0.3) is 0 Å². The number of aromatic nitrogens is 2. The second-order valence-corrected chi connectivity index (χ2v) is 5.55. The second-order valence-electron chi connectivity index (χ2n) is 5.55. The first kappa shape index (κ1) is 14.6. The van der Waals surface area contributed by atoms with Crippen molar-refractivity contribution < 1.29 is 13.7 Å². The third-order valence-corrected chi connectivity index (χ3v) is 3.73. The molecule has 3 rings (SSSR count). The quantitative estimate of drug-likeness (QED) is 0.886. The first-order chi connectivity index (χ1) is 10.6. The Bertz CT molecular complexity index is 619. The zero-order chi connectivity index (χ0) is 15.5. The molecule has 1 atom stereocenters. The minimum atomic E-state index is -0.0809. The molecule has 0 bridgehead atoms. The van der Waals surface area contributed by atoms with Crippen LogP contribution in [-0.2, 0) is 6.42 Å². The van der Waals surface area contributed by atoms with Crippen LogP contribution in [-0.4, -0.2) is 33.7 Å². The molecule has 1 N–H and O–H groups in total. The number of carbonyl (C=O) groups excluding carboxylic acids is 1. The average Bonchev–Trinajstić information content (AvgIpc) is 3.01. The number of nitrogens with zero attached hydrogens (tertiary/aromatic N) is 3. The lowest BCUT2D eigenvalue weighted by molar-refractivity contribution is 0.166. The molecule has 1 aliphatic rings. The molecule has 0 radical (unpaired) electrons. The molecule has 2 aromatic rings. The Morgan fingerprint density at radius 1 is 1.55 bits per heavy atom. The van der Waals surface area contributed by atoms with Gasteiger partial charge in [0.15, 0.2) is 5.82 Å². The van der Waals surface area contributed by atoms with Crippen LogP contribution in [0.25, 0.3) is 0 Å². The van der Waals surface area contributed by atoms with Gasteiger partial charge in [-0.15, -0.1) is 0 Å². The van der Waals surface area contributed by atoms with Gasteiger partial charge in [0.1, 0.15) is 5.76 Å². The summed E-state index contributed by atoms with van der Waals surface area (Å²) < 4.78 is 10.5. The Morgan fingerprint density at radius 3 is 2.95 bits per heavy atom. The van der Waals surface area contributed by atoms with Crippen molar-refractivity contribution in [2.45, 2.75) is 45.2 Å². The molecule has 1 fully saturated rings. The second kappa shape index (κ2) is 6.21. The van der Waals surface area contributed by atoms with Gasteiger partial charge in [0, 0.05) is 19.0 Å². The molecule has 2 amide bonds. The third kappa shape index (κ3) is 3.29. The van der Waals surface area contributed by atoms with E-state index in [4.69, 9.17) is 8.94 Å². The maximum atomic E-state index is 12.5. The maximum absolute atomic E-state index is 12.5. The van der Waals surface area contributed by atoms with Crippen molar-refractivity contribution in [3.05, 3.63) is 35.9 Å². The Kier molecular flexibility index (Phi) is 4.13. The highest BCUT2D eigenvalue weighted by Gasteiger charge is 2.37. The molecule has 2 heterocycles. The largest absolute Gasteiger partial charge is 0.467 e. The highest BCUT2D eigenvalue weighted by Crippen LogP contribution is 2.34. The van der Waals surface area contributed by atoms with Gasteiger partial charge in [0.2, 0.25) is 5.89 Å². The van der Waals surface area contributed by atoms with E-state index in [1.807, 2.05) is 24.0 Å². The summed E-state index contributed by atoms with van der Waals surface area (Å²) in [6.45, 7) is 4.22. The SMILES string of the molecule is Cc1noc(CCNC(=O)N(C2CC2)[C@@H](C)c2ccco2)n1. The van der Waals surface area contributed by atoms with E-state index >= 15 is 0 Å². The molecule has 1 saturated carbocycles. The minimum absolute atomic E-state index is 0.0758. The Hall–Kier alpha value is -2.31. The fourth-order valence-corrected chi connectivity index (χ4v) is 2.49. The molecule has 0 spiro atoms. The zero-order valence-electron chi connectivity index (χ0n) is 12.8. The van der Waals surface area contributed by atoms with E-state index in [1.54, 1.807) is 13.2 Å². The predicted octanol–water partition coefficient (Wildman–Crippen LogP) is 2.45. The van der Waals surface area contributed by atoms with Gasteiger partial charge in [-0.25, -0.2) is 4.79 Å². The molecule has 0 aromatic carbocycles. The lowest BCUT2D eigenvalue weighted by atomic mass is 10.2. The van der Waals surface area contributed by atoms with Crippen molar-refractivity contribution in [2.75, 3.05) is 6.54 Å². The van der Waals surface area contributed by atoms with Crippen molar-refractivity contribution >= 4 is 6.03 Å². The number of hydrogen-bond donors (Lipinski definition) is 1. The normalized spacial score (nSPS) is 15.5. The predicted molar refractivity (Wildman–Crippen MR) is 78.1 cm³/mol. The number of urea groups is 1. The standard InChI is InChI=1S/C15H20N4O3/c1-10(13-4-3-9-21-13)19(12-5-6-12)15(20)16-8-7-14-17-11(2)18-22-14/h3-4,9-10,12H,5-8H2,1-2H3,(H,16,20)/t10-/m0/s1. The number of aryl methyl sites for hydroxylation is 1. The molecular formula is C15H20N4O3. The van der Waals surface area contributed by atoms with E-state index in [9.17, 15) is 4.79 Å². The van der Waals surface area contributed by atoms with Gasteiger partial charge < -0.3 is 19.2 Å². The van der Waals surface area contributed by atoms with E-state index in [-0.39, 0.29) is 12.1 Å². The highest BCUT2D eigenvalue weighted by molar-refractivity contribution is 5.75. The molecule has 7 heteroatoms. The smallest absolute Gasteiger partial charge is 0.318 e. The number of rotatable bonds is 6. The lowest BCUT2D eigenvalue weighted by Crippen LogP contribution is -2.43. The van der Waals surface area contributed by atoms with Crippen LogP contribution in [0.1, 0.15) is 43.3 Å². The van der Waals surface area contributed by atoms with E-state index in [0.717, 1.165) is 18.6 Å². The number of nitrogens with one attached hydrogen (secondary N) is 1. The highest BCUT2D eigenvalue weighted by atomic mass is 16.5. The first-order valence-corrected chi connectivity index (χ1v) is 7.54. The summed E-state index contributed by atoms with van der Waals surface area (Å²) in [6.07, 6.45) is 4.25. The number of amides is 2. The fraction of sp³-hybridized carbons (Fsp3) is 0.533. The van der Waals surface area contributed by atoms with Crippen molar-refractivity contribution in [3.8, 4) is 0 Å². The van der Waals surface area contributed by atoms with E-state index in [0.29, 0.717) is 30.7 Å². The summed E-state index contributed by atoms with van der Waals surface area (Å²) in [7, 11) is 0. The summed E-state index contributed by atoms with van der Waals surface area (Å²) >= 11 is 0. The van der Waals surface area contributed by atoms with Crippen LogP contribution in [0.4, 0.5) is 4.79 Å². The Balaban J connectivity index is 1.56. The van der Waals surface area contributed by atoms with E-state index in [2.05, 4.69) is 15.5 Å². The first-order valence-electron chi connectivity index (χ1n) is 7.54. The van der Waals surface area contributed by atoms with E-state index in [1.165, 1.54) is 0 Å². The molecule has 0 unspecified atom stereocenters. The van der Waals surface area contributed by atoms with Crippen LogP contribution in [0.5, 0.6) is 0 Å². The minimum Gasteiger partial charge on any atom is -0.467 e. The zero-order valence-corrected chi connectivity index (χ0v) is 12.8. The number of hydrogen-bond acceptors (Lipinski definition) is 5. The molecule has 0 aliphatic heterocycles. The summed E-state index contributed by atoms with van der Waals surface area (Å²) in [4.78, 5) is 18.4. The molecule has 1 aliphatic carbocycles. The Morgan fingerprint density at radius 2 is 2.36 bits per heavy atom. The molecule has 118 valence electrons. The lowest BCUT2D eigenvalue weighted by Gasteiger charge is -2.28. The average molecular weight is 304 g/mol. The fourth-order valence-electron chi connectivity index (χ4n) is 2.49. The van der Waals surface area contributed by atoms with Crippen molar-refractivity contribution in [2.24, 2.45) is 0 Å². The topological polar surface area (TPSA) is 84.4 Å². The summed E-state index contributed by atoms with van der Waals surface area (Å²) in [5, 5.41) is 6.65. The van der Waals surface area contributed by atoms with Gasteiger partial charge in [-0.3, -0.25) is 0 Å². The molecule has 2 aromatic heterocycles. The number of carbonyl (C=O) groups is 1. The summed E-state index contributed by atoms with van der Waals surface area (Å²) in [5.74, 6) is 1.94. The molecule has 22 heavy (non-hydrogen) atoms. The maximum Gasteiger partial charge on any atom is 0.318 e. The molecular weight excluding hydrogens is 284 g/mol. The summed E-state index contributed by atoms with van der Waals surface area (Å²) in [5.41, 5.74) is 0. The Labute approximate surface area is 128 Å². The van der Waals surface area contributed by atoms with Gasteiger partial charge >= 0.3 is 6.03 Å². The van der Waals surface area contributed by atoms with Gasteiger partial charge in [-0.1, -0.05) is 5.16 Å². The van der Waals surface area contributed by atoms with Gasteiger partial charge in [0.05, 0.1) is 12.3 Å². The third-order valence-electron chi connectivity index (χ3n) is 3.73. The van der Waals surface area contributed by atoms with Crippen molar-refractivity contribution in [1.82, 2.24) is 20.4 Å². The molecule has 7 nitrogen and oxygen atoms in total. The van der Waals surface area contributed by atoms with Gasteiger partial charge in [-0.05, 0) is 38.8 Å². The van der Waals surface area contributed by atoms with Crippen molar-refractivity contribution in [3.63, 3.8) is 0 Å². The van der Waals surface area contributed by atoms with E-state index < -0.39 is 0 Å². The van der Waals surface area contributed by atoms with Crippen molar-refractivity contribution in [1.29, 1.82) is 0 Å². The van der Waals surface area contributed by atoms with Gasteiger partial charge in [-0.2, -0.15) is 4.98 Å². The van der Waals surface area contributed by atoms with Crippen LogP contribution in [0.2, 0.25) is 0 Å². The van der Waals surface area contributed by atoms with Crippen LogP contribution in [0.3, 0.4) is 0 Å². The summed E-state index contributed by atoms with van der Waals surface area (Å²) in [6, 6.07) is 3.88. The van der Waals surface area contributed by atoms with Crippen LogP contribution < -0.4 is 5.32 Å².